The largest absolute Gasteiger partial charge is 0.508 e. The van der Waals surface area contributed by atoms with Crippen LogP contribution in [0.4, 0.5) is 0 Å². The molecule has 0 bridgehead atoms. The normalized spacial score (nSPS) is 14.1. The van der Waals surface area contributed by atoms with Crippen LogP contribution < -0.4 is 81.8 Å². The van der Waals surface area contributed by atoms with Gasteiger partial charge in [0.25, 0.3) is 0 Å². The molecular weight excluding hydrogens is 1250 g/mol. The molecule has 11 amide bonds. The molecule has 0 unspecified atom stereocenters. The summed E-state index contributed by atoms with van der Waals surface area (Å²) >= 11 is 5.74. The Morgan fingerprint density at radius 2 is 1.00 bits per heavy atom. The fraction of sp³-hybridized carbons (Fsp3) is 0.391. The van der Waals surface area contributed by atoms with Gasteiger partial charge >= 0.3 is 0 Å². The summed E-state index contributed by atoms with van der Waals surface area (Å²) in [6.07, 6.45) is 0.126. The van der Waals surface area contributed by atoms with Crippen LogP contribution in [0.2, 0.25) is 0 Å². The Hall–Kier alpha value is -10.5. The third kappa shape index (κ3) is 25.5. The molecule has 9 atom stereocenters. The number of nitrogens with zero attached hydrogens (tertiary/aromatic N) is 1. The van der Waals surface area contributed by atoms with Crippen LogP contribution in [-0.4, -0.2) is 172 Å². The molecule has 5 rings (SSSR count). The van der Waals surface area contributed by atoms with Gasteiger partial charge in [-0.3, -0.25) is 57.7 Å². The first-order valence-electron chi connectivity index (χ1n) is 30.5. The number of aliphatic hydroxyl groups is 1. The first kappa shape index (κ1) is 75.2. The predicted octanol–water partition coefficient (Wildman–Crippen LogP) is -3.14. The SMILES string of the molecule is CN=C(N)NCCC[C@H](NC(=O)[C@H](CC(C)C)NC(=O)CNC(=S)[C@H](Cc1ccccc1)NC(=O)[C@H](CO)NC(=O)[C@H](CC(N)=O)NC(=O)[C@H](Cc1c[nH]c2ccccc12)NC(=O)[C@H](CC(N)=O)NC(=O)[C@H](N)Cc1ccc(O)cc1)C(=O)N[C@@H](Cc1ccccc1)C(N)=O. The number of guanidine groups is 1. The number of primary amides is 3. The molecule has 23 N–H and O–H groups in total. The molecule has 5 aromatic rings. The van der Waals surface area contributed by atoms with Crippen molar-refractivity contribution in [3.05, 3.63) is 138 Å². The summed E-state index contributed by atoms with van der Waals surface area (Å²) in [5.74, 6) is -10.4. The van der Waals surface area contributed by atoms with Crippen molar-refractivity contribution in [3.8, 4) is 5.75 Å². The zero-order valence-electron chi connectivity index (χ0n) is 52.9. The summed E-state index contributed by atoms with van der Waals surface area (Å²) in [7, 11) is 1.49. The van der Waals surface area contributed by atoms with Crippen LogP contribution in [-0.2, 0) is 78.4 Å². The maximum atomic E-state index is 14.5. The van der Waals surface area contributed by atoms with Gasteiger partial charge in [0.1, 0.15) is 48.0 Å². The number of hydrogen-bond acceptors (Lipinski definition) is 16. The number of H-pyrrole nitrogens is 1. The monoisotopic (exact) mass is 1330 g/mol. The van der Waals surface area contributed by atoms with E-state index in [1.807, 2.05) is 13.8 Å². The number of phenolic OH excluding ortho intramolecular Hbond substituents is 1. The fourth-order valence-electron chi connectivity index (χ4n) is 9.88. The summed E-state index contributed by atoms with van der Waals surface area (Å²) in [6, 6.07) is 17.3. The number of rotatable bonds is 38. The lowest BCUT2D eigenvalue weighted by atomic mass is 10.0. The van der Waals surface area contributed by atoms with Gasteiger partial charge in [0, 0.05) is 43.5 Å². The molecular formula is C64H85N17O13S. The number of aliphatic imine (C=N–C) groups is 1. The van der Waals surface area contributed by atoms with Gasteiger partial charge in [-0.05, 0) is 78.5 Å². The van der Waals surface area contributed by atoms with E-state index in [9.17, 15) is 63.0 Å². The number of carbonyl (C=O) groups is 11. The Labute approximate surface area is 553 Å². The quantitative estimate of drug-likeness (QED) is 0.00803. The number of aliphatic hydroxyl groups excluding tert-OH is 1. The smallest absolute Gasteiger partial charge is 0.245 e. The highest BCUT2D eigenvalue weighted by Gasteiger charge is 2.36. The molecule has 0 fully saturated rings. The number of thiocarbonyl (C=S) groups is 1. The maximum Gasteiger partial charge on any atom is 0.245 e. The lowest BCUT2D eigenvalue weighted by Crippen LogP contribution is -2.61. The van der Waals surface area contributed by atoms with Crippen molar-refractivity contribution in [2.75, 3.05) is 26.7 Å². The summed E-state index contributed by atoms with van der Waals surface area (Å²) in [6.45, 7) is 2.28. The Balaban J connectivity index is 1.30. The molecule has 31 heteroatoms. The van der Waals surface area contributed by atoms with E-state index in [-0.39, 0.29) is 67.7 Å². The van der Waals surface area contributed by atoms with E-state index in [0.29, 0.717) is 34.0 Å². The molecule has 4 aromatic carbocycles. The Bertz CT molecular complexity index is 3500. The fourth-order valence-corrected chi connectivity index (χ4v) is 10.1. The number of aromatic amines is 1. The van der Waals surface area contributed by atoms with Gasteiger partial charge < -0.3 is 97.0 Å². The van der Waals surface area contributed by atoms with E-state index >= 15 is 0 Å². The van der Waals surface area contributed by atoms with Crippen LogP contribution in [0, 0.1) is 5.92 Å². The second-order valence-corrected chi connectivity index (χ2v) is 23.4. The minimum atomic E-state index is -1.86. The number of aromatic hydroxyl groups is 1. The third-order valence-electron chi connectivity index (χ3n) is 14.8. The van der Waals surface area contributed by atoms with Crippen LogP contribution in [0.25, 0.3) is 10.9 Å². The number of para-hydroxylation sites is 1. The zero-order chi connectivity index (χ0) is 69.7. The van der Waals surface area contributed by atoms with E-state index in [2.05, 4.69) is 63.1 Å². The minimum absolute atomic E-state index is 0.0102. The van der Waals surface area contributed by atoms with Crippen molar-refractivity contribution in [1.82, 2.24) is 58.2 Å². The molecule has 0 aliphatic rings. The first-order valence-corrected chi connectivity index (χ1v) is 30.9. The van der Waals surface area contributed by atoms with E-state index in [0.717, 1.165) is 5.56 Å². The standard InChI is InChI=1S/C64H85N17O13S/c1-35(2)25-46(58(90)75-44(19-12-24-71-64(69)70-3)57(89)76-45(55(68)87)27-36-13-6-4-7-14-36)74-54(86)33-73-63(95)50(28-37-15-8-5-9-16-37)80-62(94)51(34-82)81-61(93)49(31-53(67)85)79-59(91)47(29-39-32-72-43-18-11-10-17-41(39)43)78-60(92)48(30-52(66)84)77-56(88)42(65)26-38-20-22-40(83)23-21-38/h4-11,13-18,20-23,32,35,42,44-51,72,82-83H,12,19,24-31,33-34,65H2,1-3H3,(H2,66,84)(H2,67,85)(H2,68,87)(H,73,95)(H,74,86)(H,75,90)(H,76,89)(H,77,88)(H,78,92)(H,79,91)(H,80,94)(H,81,93)(H3,69,70,71)/t42-,44+,45+,46+,47+,48+,49+,50+,51+/m1/s1. The Morgan fingerprint density at radius 1 is 0.526 bits per heavy atom. The van der Waals surface area contributed by atoms with Crippen LogP contribution in [0.5, 0.6) is 5.75 Å². The Morgan fingerprint density at radius 3 is 1.57 bits per heavy atom. The first-order chi connectivity index (χ1) is 45.2. The number of amides is 11. The number of nitrogens with two attached hydrogens (primary N) is 5. The molecule has 30 nitrogen and oxygen atoms in total. The second-order valence-electron chi connectivity index (χ2n) is 22.9. The lowest BCUT2D eigenvalue weighted by Gasteiger charge is -2.27. The number of fused-ring (bicyclic) bond motifs is 1. The number of aromatic nitrogens is 1. The van der Waals surface area contributed by atoms with Gasteiger partial charge in [-0.2, -0.15) is 0 Å². The summed E-state index contributed by atoms with van der Waals surface area (Å²) in [5.41, 5.74) is 31.8. The van der Waals surface area contributed by atoms with Crippen LogP contribution >= 0.6 is 12.2 Å². The molecule has 0 saturated carbocycles. The average Bonchev–Trinajstić information content (AvgIpc) is 1.78. The van der Waals surface area contributed by atoms with Crippen LogP contribution in [0.1, 0.15) is 68.2 Å². The average molecular weight is 1330 g/mol. The van der Waals surface area contributed by atoms with E-state index in [4.69, 9.17) is 40.9 Å². The van der Waals surface area contributed by atoms with E-state index in [1.54, 1.807) is 91.1 Å². The second kappa shape index (κ2) is 37.8. The molecule has 0 spiro atoms. The summed E-state index contributed by atoms with van der Waals surface area (Å²) in [5, 5.41) is 47.0. The number of nitrogens with one attached hydrogen (secondary N) is 11. The van der Waals surface area contributed by atoms with Gasteiger partial charge in [0.2, 0.25) is 65.0 Å². The number of carbonyl (C=O) groups excluding carboxylic acids is 11. The molecule has 0 radical (unpaired) electrons. The molecule has 95 heavy (non-hydrogen) atoms. The molecule has 1 heterocycles. The summed E-state index contributed by atoms with van der Waals surface area (Å²) < 4.78 is 0. The summed E-state index contributed by atoms with van der Waals surface area (Å²) in [4.78, 5) is 156. The molecule has 0 aliphatic heterocycles. The van der Waals surface area contributed by atoms with Gasteiger partial charge in [-0.25, -0.2) is 0 Å². The van der Waals surface area contributed by atoms with Crippen molar-refractivity contribution in [3.63, 3.8) is 0 Å². The number of hydrogen-bond donors (Lipinski definition) is 18. The Kier molecular flexibility index (Phi) is 30.0. The van der Waals surface area contributed by atoms with Gasteiger partial charge in [0.15, 0.2) is 5.96 Å². The topological polar surface area (TPSA) is 507 Å². The molecule has 1 aromatic heterocycles. The predicted molar refractivity (Wildman–Crippen MR) is 356 cm³/mol. The van der Waals surface area contributed by atoms with Gasteiger partial charge in [-0.15, -0.1) is 0 Å². The van der Waals surface area contributed by atoms with Crippen molar-refractivity contribution < 1.29 is 63.0 Å². The highest BCUT2D eigenvalue weighted by atomic mass is 32.1. The third-order valence-corrected chi connectivity index (χ3v) is 15.3. The van der Waals surface area contributed by atoms with Crippen molar-refractivity contribution >= 4 is 99.0 Å². The van der Waals surface area contributed by atoms with E-state index < -0.39 is 145 Å². The molecule has 0 aliphatic carbocycles. The molecule has 510 valence electrons. The highest BCUT2D eigenvalue weighted by molar-refractivity contribution is 7.80. The van der Waals surface area contributed by atoms with Crippen LogP contribution in [0.3, 0.4) is 0 Å². The highest BCUT2D eigenvalue weighted by Crippen LogP contribution is 2.20. The van der Waals surface area contributed by atoms with Gasteiger partial charge in [0.05, 0.1) is 43.1 Å². The van der Waals surface area contributed by atoms with Crippen molar-refractivity contribution in [2.24, 2.45) is 39.6 Å². The number of phenols is 1. The maximum absolute atomic E-state index is 14.5. The molecule has 0 saturated heterocycles. The lowest BCUT2D eigenvalue weighted by molar-refractivity contribution is -0.136. The number of benzene rings is 4. The van der Waals surface area contributed by atoms with Crippen LogP contribution in [0.15, 0.2) is 120 Å². The van der Waals surface area contributed by atoms with Crippen molar-refractivity contribution in [2.45, 2.75) is 126 Å². The van der Waals surface area contributed by atoms with Crippen molar-refractivity contribution in [1.29, 1.82) is 0 Å². The zero-order valence-corrected chi connectivity index (χ0v) is 53.7. The minimum Gasteiger partial charge on any atom is -0.508 e. The van der Waals surface area contributed by atoms with Gasteiger partial charge in [-0.1, -0.05) is 117 Å². The van der Waals surface area contributed by atoms with E-state index in [1.165, 1.54) is 31.3 Å².